The molecule has 0 aliphatic carbocycles. The van der Waals surface area contributed by atoms with Crippen LogP contribution in [0.4, 0.5) is 5.69 Å². The molecule has 0 radical (unpaired) electrons. The molecule has 2 heterocycles. The van der Waals surface area contributed by atoms with Gasteiger partial charge in [0.05, 0.1) is 11.7 Å². The van der Waals surface area contributed by atoms with Gasteiger partial charge in [0.25, 0.3) is 5.91 Å². The molecular weight excluding hydrogens is 216 g/mol. The lowest BCUT2D eigenvalue weighted by Gasteiger charge is -2.03. The molecule has 3 N–H and O–H groups in total. The zero-order valence-corrected chi connectivity index (χ0v) is 8.90. The summed E-state index contributed by atoms with van der Waals surface area (Å²) in [7, 11) is 0. The molecule has 0 bridgehead atoms. The van der Waals surface area contributed by atoms with Gasteiger partial charge in [-0.25, -0.2) is 0 Å². The second kappa shape index (κ2) is 3.79. The predicted molar refractivity (Wildman–Crippen MR) is 64.8 cm³/mol. The third-order valence-corrected chi connectivity index (χ3v) is 2.54. The minimum absolute atomic E-state index is 0.155. The van der Waals surface area contributed by atoms with E-state index < -0.39 is 0 Å². The van der Waals surface area contributed by atoms with Crippen LogP contribution in [0.3, 0.4) is 0 Å². The molecule has 0 atom stereocenters. The Hall–Kier alpha value is -2.56. The van der Waals surface area contributed by atoms with Crippen LogP contribution in [0, 0.1) is 0 Å². The van der Waals surface area contributed by atoms with Crippen molar-refractivity contribution >= 4 is 22.5 Å². The van der Waals surface area contributed by atoms with E-state index in [1.165, 1.54) is 0 Å². The van der Waals surface area contributed by atoms with E-state index in [4.69, 9.17) is 0 Å². The first-order chi connectivity index (χ1) is 8.33. The molecule has 1 amide bonds. The first-order valence-electron chi connectivity index (χ1n) is 5.21. The van der Waals surface area contributed by atoms with E-state index >= 15 is 0 Å². The Labute approximate surface area is 96.9 Å². The molecule has 3 aromatic rings. The fraction of sp³-hybridized carbons (Fsp3) is 0. The Morgan fingerprint density at radius 1 is 1.29 bits per heavy atom. The average Bonchev–Trinajstić information content (AvgIpc) is 2.99. The number of nitrogens with zero attached hydrogens (tertiary/aromatic N) is 1. The van der Waals surface area contributed by atoms with E-state index in [9.17, 15) is 4.79 Å². The average molecular weight is 226 g/mol. The minimum Gasteiger partial charge on any atom is -0.357 e. The van der Waals surface area contributed by atoms with E-state index in [1.807, 2.05) is 18.2 Å². The van der Waals surface area contributed by atoms with Crippen molar-refractivity contribution in [1.29, 1.82) is 0 Å². The fourth-order valence-electron chi connectivity index (χ4n) is 1.69. The smallest absolute Gasteiger partial charge is 0.272 e. The first kappa shape index (κ1) is 9.65. The molecule has 0 saturated carbocycles. The van der Waals surface area contributed by atoms with Gasteiger partial charge in [-0.15, -0.1) is 0 Å². The van der Waals surface area contributed by atoms with Gasteiger partial charge in [-0.05, 0) is 30.3 Å². The highest BCUT2D eigenvalue weighted by molar-refractivity contribution is 6.03. The quantitative estimate of drug-likeness (QED) is 0.626. The van der Waals surface area contributed by atoms with Gasteiger partial charge in [0.2, 0.25) is 0 Å². The summed E-state index contributed by atoms with van der Waals surface area (Å²) >= 11 is 0. The number of hydrogen-bond donors (Lipinski definition) is 3. The Bertz CT molecular complexity index is 654. The number of carbonyl (C=O) groups excluding carboxylic acids is 1. The molecule has 0 fully saturated rings. The van der Waals surface area contributed by atoms with E-state index in [0.29, 0.717) is 5.69 Å². The van der Waals surface area contributed by atoms with Gasteiger partial charge in [0, 0.05) is 17.3 Å². The predicted octanol–water partition coefficient (Wildman–Crippen LogP) is 2.14. The molecule has 0 saturated heterocycles. The van der Waals surface area contributed by atoms with Crippen molar-refractivity contribution in [2.24, 2.45) is 0 Å². The van der Waals surface area contributed by atoms with Crippen molar-refractivity contribution in [3.8, 4) is 0 Å². The number of hydrogen-bond acceptors (Lipinski definition) is 2. The number of aromatic amines is 2. The summed E-state index contributed by atoms with van der Waals surface area (Å²) in [6, 6.07) is 9.10. The number of anilines is 1. The molecule has 17 heavy (non-hydrogen) atoms. The normalized spacial score (nSPS) is 10.6. The van der Waals surface area contributed by atoms with Crippen LogP contribution in [-0.4, -0.2) is 21.1 Å². The summed E-state index contributed by atoms with van der Waals surface area (Å²) in [5.41, 5.74) is 2.23. The molecule has 1 aromatic carbocycles. The molecule has 0 spiro atoms. The molecule has 2 aromatic heterocycles. The third kappa shape index (κ3) is 1.78. The summed E-state index contributed by atoms with van der Waals surface area (Å²) in [5.74, 6) is -0.155. The van der Waals surface area contributed by atoms with E-state index in [1.54, 1.807) is 24.5 Å². The van der Waals surface area contributed by atoms with Crippen molar-refractivity contribution in [2.75, 3.05) is 5.32 Å². The number of carbonyl (C=O) groups is 1. The van der Waals surface area contributed by atoms with Crippen LogP contribution in [0.15, 0.2) is 42.7 Å². The van der Waals surface area contributed by atoms with Crippen LogP contribution in [-0.2, 0) is 0 Å². The second-order valence-corrected chi connectivity index (χ2v) is 3.71. The zero-order chi connectivity index (χ0) is 11.7. The highest BCUT2D eigenvalue weighted by Crippen LogP contribution is 2.17. The lowest BCUT2D eigenvalue weighted by atomic mass is 10.2. The molecule has 84 valence electrons. The summed E-state index contributed by atoms with van der Waals surface area (Å²) in [6.07, 6.45) is 3.44. The number of rotatable bonds is 2. The summed E-state index contributed by atoms with van der Waals surface area (Å²) in [5, 5.41) is 10.6. The van der Waals surface area contributed by atoms with E-state index in [-0.39, 0.29) is 5.91 Å². The van der Waals surface area contributed by atoms with Crippen molar-refractivity contribution in [3.63, 3.8) is 0 Å². The maximum absolute atomic E-state index is 11.8. The second-order valence-electron chi connectivity index (χ2n) is 3.71. The molecule has 3 rings (SSSR count). The summed E-state index contributed by atoms with van der Waals surface area (Å²) in [6.45, 7) is 0. The van der Waals surface area contributed by atoms with Crippen LogP contribution in [0.1, 0.15) is 10.5 Å². The number of aromatic nitrogens is 3. The molecule has 0 unspecified atom stereocenters. The maximum Gasteiger partial charge on any atom is 0.272 e. The van der Waals surface area contributed by atoms with Gasteiger partial charge in [-0.1, -0.05) is 0 Å². The Morgan fingerprint density at radius 2 is 2.24 bits per heavy atom. The van der Waals surface area contributed by atoms with Crippen LogP contribution in [0.2, 0.25) is 0 Å². The number of fused-ring (bicyclic) bond motifs is 1. The minimum atomic E-state index is -0.155. The van der Waals surface area contributed by atoms with Crippen molar-refractivity contribution in [2.45, 2.75) is 0 Å². The lowest BCUT2D eigenvalue weighted by molar-refractivity contribution is 0.102. The van der Waals surface area contributed by atoms with Crippen LogP contribution in [0.25, 0.3) is 10.9 Å². The highest BCUT2D eigenvalue weighted by atomic mass is 16.1. The summed E-state index contributed by atoms with van der Waals surface area (Å²) < 4.78 is 0. The van der Waals surface area contributed by atoms with Gasteiger partial charge < -0.3 is 10.3 Å². The van der Waals surface area contributed by atoms with Crippen LogP contribution >= 0.6 is 0 Å². The number of nitrogens with one attached hydrogen (secondary N) is 3. The number of H-pyrrole nitrogens is 2. The number of benzene rings is 1. The highest BCUT2D eigenvalue weighted by Gasteiger charge is 2.06. The van der Waals surface area contributed by atoms with Crippen LogP contribution in [0.5, 0.6) is 0 Å². The van der Waals surface area contributed by atoms with Crippen LogP contribution < -0.4 is 5.32 Å². The monoisotopic (exact) mass is 226 g/mol. The lowest BCUT2D eigenvalue weighted by Crippen LogP contribution is -2.11. The largest absolute Gasteiger partial charge is 0.357 e. The van der Waals surface area contributed by atoms with Gasteiger partial charge >= 0.3 is 0 Å². The molecule has 0 aliphatic rings. The third-order valence-electron chi connectivity index (χ3n) is 2.54. The number of amides is 1. The van der Waals surface area contributed by atoms with Crippen molar-refractivity contribution in [3.05, 3.63) is 48.4 Å². The molecule has 0 aliphatic heterocycles. The van der Waals surface area contributed by atoms with Gasteiger partial charge in [-0.3, -0.25) is 9.89 Å². The first-order valence-corrected chi connectivity index (χ1v) is 5.21. The Balaban J connectivity index is 1.87. The topological polar surface area (TPSA) is 73.6 Å². The summed E-state index contributed by atoms with van der Waals surface area (Å²) in [4.78, 5) is 14.6. The zero-order valence-electron chi connectivity index (χ0n) is 8.90. The van der Waals surface area contributed by atoms with Gasteiger partial charge in [-0.2, -0.15) is 5.10 Å². The Kier molecular flexibility index (Phi) is 2.15. The fourth-order valence-corrected chi connectivity index (χ4v) is 1.69. The standard InChI is InChI=1S/C12H10N4O/c17-12(11-2-1-5-13-11)15-9-3-4-10-8(6-9)7-14-16-10/h1-7,13H,(H,14,16)(H,15,17). The SMILES string of the molecule is O=C(Nc1ccc2[nH]ncc2c1)c1ccc[nH]1. The van der Waals surface area contributed by atoms with Gasteiger partial charge in [0.15, 0.2) is 0 Å². The molecule has 5 heteroatoms. The van der Waals surface area contributed by atoms with Crippen molar-refractivity contribution < 1.29 is 4.79 Å². The maximum atomic E-state index is 11.8. The molecular formula is C12H10N4O. The van der Waals surface area contributed by atoms with Crippen molar-refractivity contribution in [1.82, 2.24) is 15.2 Å². The van der Waals surface area contributed by atoms with E-state index in [0.717, 1.165) is 16.6 Å². The molecule has 5 nitrogen and oxygen atoms in total. The van der Waals surface area contributed by atoms with E-state index in [2.05, 4.69) is 20.5 Å². The van der Waals surface area contributed by atoms with Gasteiger partial charge in [0.1, 0.15) is 5.69 Å². The Morgan fingerprint density at radius 3 is 3.06 bits per heavy atom.